The summed E-state index contributed by atoms with van der Waals surface area (Å²) in [5.41, 5.74) is -4.30. The molecule has 0 saturated heterocycles. The molecule has 0 aliphatic rings. The Morgan fingerprint density at radius 1 is 0.973 bits per heavy atom. The number of aromatic nitrogens is 2. The first-order valence-corrected chi connectivity index (χ1v) is 12.2. The zero-order valence-corrected chi connectivity index (χ0v) is 21.1. The van der Waals surface area contributed by atoms with Crippen LogP contribution in [0.1, 0.15) is 36.1 Å². The van der Waals surface area contributed by atoms with Gasteiger partial charge >= 0.3 is 12.4 Å². The van der Waals surface area contributed by atoms with E-state index in [2.05, 4.69) is 9.97 Å². The second kappa shape index (κ2) is 10.6. The van der Waals surface area contributed by atoms with Crippen molar-refractivity contribution >= 4 is 23.4 Å². The van der Waals surface area contributed by atoms with E-state index in [-0.39, 0.29) is 17.6 Å². The molecule has 3 aromatic rings. The summed E-state index contributed by atoms with van der Waals surface area (Å²) in [7, 11) is 1.32. The lowest BCUT2D eigenvalue weighted by atomic mass is 9.81. The van der Waals surface area contributed by atoms with Crippen molar-refractivity contribution in [1.82, 2.24) is 9.97 Å². The highest BCUT2D eigenvalue weighted by molar-refractivity contribution is 7.97. The molecule has 0 N–H and O–H groups in total. The fourth-order valence-electron chi connectivity index (χ4n) is 3.57. The molecule has 0 atom stereocenters. The number of hydrogen-bond acceptors (Lipinski definition) is 5. The van der Waals surface area contributed by atoms with Crippen LogP contribution < -0.4 is 9.64 Å². The van der Waals surface area contributed by atoms with E-state index in [0.717, 1.165) is 10.5 Å². The van der Waals surface area contributed by atoms with Crippen LogP contribution in [0.2, 0.25) is 0 Å². The maximum atomic E-state index is 13.5. The van der Waals surface area contributed by atoms with Crippen molar-refractivity contribution < 1.29 is 35.9 Å². The Bertz CT molecular complexity index is 1250. The number of alkyl halides is 6. The van der Waals surface area contributed by atoms with E-state index < -0.39 is 40.4 Å². The van der Waals surface area contributed by atoms with Crippen LogP contribution in [0.25, 0.3) is 0 Å². The monoisotopic (exact) mass is 543 g/mol. The highest BCUT2D eigenvalue weighted by Crippen LogP contribution is 2.40. The molecule has 0 unspecified atom stereocenters. The first kappa shape index (κ1) is 28.3. The summed E-state index contributed by atoms with van der Waals surface area (Å²) in [6, 6.07) is 8.29. The van der Waals surface area contributed by atoms with Gasteiger partial charge in [-0.15, -0.1) is 0 Å². The fraction of sp³-hybridized carbons (Fsp3) is 0.320. The number of likely N-dealkylation sites (N-methyl/N-ethyl adjacent to an activating group) is 1. The topological polar surface area (TPSA) is 55.3 Å². The van der Waals surface area contributed by atoms with Crippen LogP contribution in [-0.2, 0) is 28.3 Å². The van der Waals surface area contributed by atoms with Gasteiger partial charge < -0.3 is 9.64 Å². The lowest BCUT2D eigenvalue weighted by Gasteiger charge is -2.31. The van der Waals surface area contributed by atoms with Gasteiger partial charge in [-0.05, 0) is 49.9 Å². The number of carbonyl (C=O) groups is 1. The zero-order valence-electron chi connectivity index (χ0n) is 20.2. The van der Waals surface area contributed by atoms with Gasteiger partial charge in [0.05, 0.1) is 22.7 Å². The number of hydrogen-bond donors (Lipinski definition) is 0. The minimum atomic E-state index is -5.04. The second-order valence-corrected chi connectivity index (χ2v) is 9.51. The van der Waals surface area contributed by atoms with Gasteiger partial charge in [0.25, 0.3) is 0 Å². The third kappa shape index (κ3) is 6.35. The molecule has 198 valence electrons. The molecule has 0 bridgehead atoms. The molecular formula is C25H23F6N3O2S. The average molecular weight is 544 g/mol. The predicted octanol–water partition coefficient (Wildman–Crippen LogP) is 7.11. The molecule has 5 nitrogen and oxygen atoms in total. The highest BCUT2D eigenvalue weighted by atomic mass is 32.2. The van der Waals surface area contributed by atoms with Crippen LogP contribution in [-0.4, -0.2) is 29.2 Å². The Morgan fingerprint density at radius 2 is 1.54 bits per heavy atom. The van der Waals surface area contributed by atoms with Gasteiger partial charge in [0, 0.05) is 18.4 Å². The summed E-state index contributed by atoms with van der Waals surface area (Å²) in [5.74, 6) is 0.312. The maximum absolute atomic E-state index is 13.5. The number of rotatable bonds is 7. The van der Waals surface area contributed by atoms with Crippen molar-refractivity contribution in [2.75, 3.05) is 18.2 Å². The van der Waals surface area contributed by atoms with Crippen LogP contribution in [0, 0.1) is 0 Å². The largest absolute Gasteiger partial charge is 0.437 e. The third-order valence-electron chi connectivity index (χ3n) is 5.65. The standard InChI is InChI=1S/C25H23F6N3O2S/c1-23(2,16-9-17(24(26,27)28)11-18(10-16)25(29,30)31)22(35)34(3)19-12-32-14-33-21(19)36-20-8-6-5-7-15(20)13-37-4/h5-12,14H,13H2,1-4H3. The molecule has 0 aliphatic heterocycles. The maximum Gasteiger partial charge on any atom is 0.416 e. The molecule has 0 radical (unpaired) electrons. The van der Waals surface area contributed by atoms with Gasteiger partial charge in [-0.1, -0.05) is 18.2 Å². The number of nitrogens with zero attached hydrogens (tertiary/aromatic N) is 3. The van der Waals surface area contributed by atoms with E-state index in [1.165, 1.54) is 33.4 Å². The second-order valence-electron chi connectivity index (χ2n) is 8.64. The molecular weight excluding hydrogens is 520 g/mol. The molecule has 37 heavy (non-hydrogen) atoms. The molecule has 3 rings (SSSR count). The predicted molar refractivity (Wildman–Crippen MR) is 129 cm³/mol. The van der Waals surface area contributed by atoms with E-state index in [1.54, 1.807) is 23.9 Å². The summed E-state index contributed by atoms with van der Waals surface area (Å²) >= 11 is 1.56. The number of halogens is 6. The average Bonchev–Trinajstić information content (AvgIpc) is 2.83. The summed E-state index contributed by atoms with van der Waals surface area (Å²) in [4.78, 5) is 22.6. The lowest BCUT2D eigenvalue weighted by molar-refractivity contribution is -0.143. The van der Waals surface area contributed by atoms with Gasteiger partial charge in [0.15, 0.2) is 0 Å². The number of amides is 1. The van der Waals surface area contributed by atoms with Crippen molar-refractivity contribution in [1.29, 1.82) is 0 Å². The summed E-state index contributed by atoms with van der Waals surface area (Å²) in [6.07, 6.45) is -5.69. The normalized spacial score (nSPS) is 12.4. The van der Waals surface area contributed by atoms with Crippen molar-refractivity contribution in [3.05, 3.63) is 77.2 Å². The number of para-hydroxylation sites is 1. The van der Waals surface area contributed by atoms with Gasteiger partial charge in [0.1, 0.15) is 17.8 Å². The minimum Gasteiger partial charge on any atom is -0.437 e. The van der Waals surface area contributed by atoms with Gasteiger partial charge in [-0.2, -0.15) is 43.1 Å². The van der Waals surface area contributed by atoms with Gasteiger partial charge in [0.2, 0.25) is 11.8 Å². The van der Waals surface area contributed by atoms with Crippen LogP contribution in [0.15, 0.2) is 55.0 Å². The van der Waals surface area contributed by atoms with Crippen molar-refractivity contribution in [3.63, 3.8) is 0 Å². The zero-order chi connectivity index (χ0) is 27.6. The Morgan fingerprint density at radius 3 is 2.11 bits per heavy atom. The third-order valence-corrected chi connectivity index (χ3v) is 6.25. The van der Waals surface area contributed by atoms with E-state index in [1.807, 2.05) is 18.4 Å². The molecule has 0 spiro atoms. The molecule has 1 aromatic heterocycles. The molecule has 0 aliphatic carbocycles. The fourth-order valence-corrected chi connectivity index (χ4v) is 4.12. The molecule has 1 heterocycles. The Hall–Kier alpha value is -3.28. The minimum absolute atomic E-state index is 0.00442. The van der Waals surface area contributed by atoms with Crippen molar-refractivity contribution in [2.24, 2.45) is 0 Å². The van der Waals surface area contributed by atoms with E-state index >= 15 is 0 Å². The molecule has 12 heteroatoms. The number of anilines is 1. The Kier molecular flexibility index (Phi) is 8.11. The number of carbonyl (C=O) groups excluding carboxylic acids is 1. The highest BCUT2D eigenvalue weighted by Gasteiger charge is 2.41. The molecule has 0 saturated carbocycles. The Balaban J connectivity index is 2.02. The SMILES string of the molecule is CSCc1ccccc1Oc1ncncc1N(C)C(=O)C(C)(C)c1cc(C(F)(F)F)cc(C(F)(F)F)c1. The molecule has 1 amide bonds. The smallest absolute Gasteiger partial charge is 0.416 e. The first-order chi connectivity index (χ1) is 17.2. The van der Waals surface area contributed by atoms with Gasteiger partial charge in [-0.3, -0.25) is 4.79 Å². The summed E-state index contributed by atoms with van der Waals surface area (Å²) in [6.45, 7) is 2.50. The lowest BCUT2D eigenvalue weighted by Crippen LogP contribution is -2.42. The Labute approximate surface area is 213 Å². The molecule has 2 aromatic carbocycles. The van der Waals surface area contributed by atoms with E-state index in [4.69, 9.17) is 4.74 Å². The first-order valence-electron chi connectivity index (χ1n) is 10.8. The van der Waals surface area contributed by atoms with Crippen LogP contribution >= 0.6 is 11.8 Å². The number of ether oxygens (including phenoxy) is 1. The number of thioether (sulfide) groups is 1. The van der Waals surface area contributed by atoms with Crippen LogP contribution in [0.4, 0.5) is 32.0 Å². The van der Waals surface area contributed by atoms with E-state index in [0.29, 0.717) is 23.6 Å². The summed E-state index contributed by atoms with van der Waals surface area (Å²) < 4.78 is 86.3. The quantitative estimate of drug-likeness (QED) is 0.297. The van der Waals surface area contributed by atoms with Gasteiger partial charge in [-0.25, -0.2) is 4.98 Å². The van der Waals surface area contributed by atoms with Crippen molar-refractivity contribution in [2.45, 2.75) is 37.4 Å². The number of benzene rings is 2. The molecule has 0 fully saturated rings. The van der Waals surface area contributed by atoms with Crippen molar-refractivity contribution in [3.8, 4) is 11.6 Å². The van der Waals surface area contributed by atoms with Crippen LogP contribution in [0.5, 0.6) is 11.6 Å². The van der Waals surface area contributed by atoms with E-state index in [9.17, 15) is 31.1 Å². The summed E-state index contributed by atoms with van der Waals surface area (Å²) in [5, 5.41) is 0. The van der Waals surface area contributed by atoms with Crippen LogP contribution in [0.3, 0.4) is 0 Å².